The van der Waals surface area contributed by atoms with Gasteiger partial charge in [-0.3, -0.25) is 0 Å². The number of carbonyl (C=O) groups is 1. The number of benzene rings is 1. The van der Waals surface area contributed by atoms with Crippen LogP contribution in [0.4, 0.5) is 0 Å². The SMILES string of the molecule is O=C(O)/C=C/c1cnc(-c2ccccc2Cl)[nH]1. The summed E-state index contributed by atoms with van der Waals surface area (Å²) in [5.41, 5.74) is 1.39. The summed E-state index contributed by atoms with van der Waals surface area (Å²) in [4.78, 5) is 17.5. The van der Waals surface area contributed by atoms with Crippen LogP contribution < -0.4 is 0 Å². The first kappa shape index (κ1) is 11.4. The van der Waals surface area contributed by atoms with Gasteiger partial charge in [0.15, 0.2) is 0 Å². The summed E-state index contributed by atoms with van der Waals surface area (Å²) in [6.45, 7) is 0. The van der Waals surface area contributed by atoms with Crippen LogP contribution in [-0.4, -0.2) is 21.0 Å². The van der Waals surface area contributed by atoms with E-state index in [1.165, 1.54) is 6.08 Å². The van der Waals surface area contributed by atoms with Gasteiger partial charge in [0.25, 0.3) is 0 Å². The number of halogens is 1. The minimum absolute atomic E-state index is 0.593. The summed E-state index contributed by atoms with van der Waals surface area (Å²) < 4.78 is 0. The molecule has 0 fully saturated rings. The Morgan fingerprint density at radius 1 is 1.41 bits per heavy atom. The van der Waals surface area contributed by atoms with Gasteiger partial charge in [-0.1, -0.05) is 23.7 Å². The number of aliphatic carboxylic acids is 1. The highest BCUT2D eigenvalue weighted by molar-refractivity contribution is 6.33. The Morgan fingerprint density at radius 2 is 2.18 bits per heavy atom. The molecule has 0 aliphatic carbocycles. The number of nitrogens with one attached hydrogen (secondary N) is 1. The Labute approximate surface area is 103 Å². The minimum Gasteiger partial charge on any atom is -0.478 e. The van der Waals surface area contributed by atoms with Crippen molar-refractivity contribution >= 4 is 23.6 Å². The van der Waals surface area contributed by atoms with Crippen LogP contribution >= 0.6 is 11.6 Å². The topological polar surface area (TPSA) is 66.0 Å². The molecule has 0 unspecified atom stereocenters. The number of rotatable bonds is 3. The molecule has 0 bridgehead atoms. The number of aromatic nitrogens is 2. The zero-order chi connectivity index (χ0) is 12.3. The zero-order valence-electron chi connectivity index (χ0n) is 8.72. The van der Waals surface area contributed by atoms with E-state index >= 15 is 0 Å². The summed E-state index contributed by atoms with van der Waals surface area (Å²) in [5.74, 6) is -0.389. The Balaban J connectivity index is 2.30. The summed E-state index contributed by atoms with van der Waals surface area (Å²) in [7, 11) is 0. The molecule has 0 spiro atoms. The number of aromatic amines is 1. The molecular formula is C12H9ClN2O2. The number of hydrogen-bond acceptors (Lipinski definition) is 2. The minimum atomic E-state index is -1.00. The van der Waals surface area contributed by atoms with Crippen LogP contribution in [0.25, 0.3) is 17.5 Å². The molecule has 0 saturated heterocycles. The van der Waals surface area contributed by atoms with Crippen molar-refractivity contribution in [3.05, 3.63) is 47.3 Å². The van der Waals surface area contributed by atoms with Crippen molar-refractivity contribution in [3.63, 3.8) is 0 Å². The second kappa shape index (κ2) is 4.84. The molecule has 5 heteroatoms. The van der Waals surface area contributed by atoms with Crippen LogP contribution in [0.5, 0.6) is 0 Å². The normalized spacial score (nSPS) is 10.9. The fourth-order valence-electron chi connectivity index (χ4n) is 1.37. The lowest BCUT2D eigenvalue weighted by Crippen LogP contribution is -1.85. The molecule has 1 aromatic carbocycles. The smallest absolute Gasteiger partial charge is 0.328 e. The van der Waals surface area contributed by atoms with Crippen molar-refractivity contribution in [1.29, 1.82) is 0 Å². The van der Waals surface area contributed by atoms with Gasteiger partial charge >= 0.3 is 5.97 Å². The zero-order valence-corrected chi connectivity index (χ0v) is 9.48. The molecule has 2 N–H and O–H groups in total. The van der Waals surface area contributed by atoms with Gasteiger partial charge in [-0.2, -0.15) is 0 Å². The largest absolute Gasteiger partial charge is 0.478 e. The monoisotopic (exact) mass is 248 g/mol. The van der Waals surface area contributed by atoms with Gasteiger partial charge in [0.1, 0.15) is 5.82 Å². The Kier molecular flexibility index (Phi) is 3.25. The quantitative estimate of drug-likeness (QED) is 0.821. The van der Waals surface area contributed by atoms with Crippen LogP contribution in [-0.2, 0) is 4.79 Å². The van der Waals surface area contributed by atoms with Crippen molar-refractivity contribution in [3.8, 4) is 11.4 Å². The number of H-pyrrole nitrogens is 1. The highest BCUT2D eigenvalue weighted by Gasteiger charge is 2.05. The first-order valence-electron chi connectivity index (χ1n) is 4.88. The summed E-state index contributed by atoms with van der Waals surface area (Å²) in [5, 5.41) is 9.09. The lowest BCUT2D eigenvalue weighted by Gasteiger charge is -1.98. The summed E-state index contributed by atoms with van der Waals surface area (Å²) in [6.07, 6.45) is 4.04. The maximum absolute atomic E-state index is 10.4. The van der Waals surface area contributed by atoms with Crippen molar-refractivity contribution in [2.24, 2.45) is 0 Å². The number of carboxylic acids is 1. The first-order chi connectivity index (χ1) is 8.16. The number of imidazole rings is 1. The lowest BCUT2D eigenvalue weighted by atomic mass is 10.2. The Morgan fingerprint density at radius 3 is 2.88 bits per heavy atom. The average Bonchev–Trinajstić information content (AvgIpc) is 2.75. The molecule has 0 aliphatic rings. The molecule has 1 aromatic heterocycles. The van der Waals surface area contributed by atoms with E-state index in [2.05, 4.69) is 9.97 Å². The number of nitrogens with zero attached hydrogens (tertiary/aromatic N) is 1. The molecule has 2 aromatic rings. The van der Waals surface area contributed by atoms with Crippen LogP contribution in [0.2, 0.25) is 5.02 Å². The summed E-state index contributed by atoms with van der Waals surface area (Å²) >= 11 is 6.02. The van der Waals surface area contributed by atoms with E-state index in [1.807, 2.05) is 18.2 Å². The average molecular weight is 249 g/mol. The van der Waals surface area contributed by atoms with Crippen molar-refractivity contribution in [1.82, 2.24) is 9.97 Å². The van der Waals surface area contributed by atoms with Gasteiger partial charge < -0.3 is 10.1 Å². The first-order valence-corrected chi connectivity index (χ1v) is 5.25. The van der Waals surface area contributed by atoms with E-state index in [0.29, 0.717) is 16.5 Å². The van der Waals surface area contributed by atoms with Gasteiger partial charge in [0.05, 0.1) is 16.9 Å². The van der Waals surface area contributed by atoms with E-state index in [-0.39, 0.29) is 0 Å². The molecule has 4 nitrogen and oxygen atoms in total. The maximum atomic E-state index is 10.4. The van der Waals surface area contributed by atoms with Crippen LogP contribution in [0.1, 0.15) is 5.69 Å². The van der Waals surface area contributed by atoms with Crippen LogP contribution in [0, 0.1) is 0 Å². The van der Waals surface area contributed by atoms with Gasteiger partial charge in [0, 0.05) is 11.6 Å². The van der Waals surface area contributed by atoms with Crippen molar-refractivity contribution in [2.75, 3.05) is 0 Å². The van der Waals surface area contributed by atoms with Crippen LogP contribution in [0.3, 0.4) is 0 Å². The predicted octanol–water partition coefficient (Wildman–Crippen LogP) is 2.83. The molecule has 17 heavy (non-hydrogen) atoms. The number of carboxylic acid groups (broad SMARTS) is 1. The molecule has 86 valence electrons. The molecular weight excluding hydrogens is 240 g/mol. The number of hydrogen-bond donors (Lipinski definition) is 2. The molecule has 0 saturated carbocycles. The van der Waals surface area contributed by atoms with Gasteiger partial charge in [-0.25, -0.2) is 9.78 Å². The third-order valence-electron chi connectivity index (χ3n) is 2.13. The van der Waals surface area contributed by atoms with E-state index in [9.17, 15) is 4.79 Å². The molecule has 0 atom stereocenters. The molecule has 1 heterocycles. The Hall–Kier alpha value is -2.07. The van der Waals surface area contributed by atoms with Crippen molar-refractivity contribution < 1.29 is 9.90 Å². The van der Waals surface area contributed by atoms with Crippen molar-refractivity contribution in [2.45, 2.75) is 0 Å². The van der Waals surface area contributed by atoms with Crippen LogP contribution in [0.15, 0.2) is 36.5 Å². The molecule has 2 rings (SSSR count). The maximum Gasteiger partial charge on any atom is 0.328 e. The standard InChI is InChI=1S/C12H9ClN2O2/c13-10-4-2-1-3-9(10)12-14-7-8(15-12)5-6-11(16)17/h1-7H,(H,14,15)(H,16,17)/b6-5+. The highest BCUT2D eigenvalue weighted by Crippen LogP contribution is 2.24. The van der Waals surface area contributed by atoms with Gasteiger partial charge in [-0.15, -0.1) is 0 Å². The van der Waals surface area contributed by atoms with E-state index in [0.717, 1.165) is 11.6 Å². The Bertz CT molecular complexity index is 575. The predicted molar refractivity (Wildman–Crippen MR) is 65.7 cm³/mol. The lowest BCUT2D eigenvalue weighted by molar-refractivity contribution is -0.131. The van der Waals surface area contributed by atoms with E-state index < -0.39 is 5.97 Å². The molecule has 0 amide bonds. The van der Waals surface area contributed by atoms with E-state index in [1.54, 1.807) is 12.3 Å². The third-order valence-corrected chi connectivity index (χ3v) is 2.46. The van der Waals surface area contributed by atoms with E-state index in [4.69, 9.17) is 16.7 Å². The summed E-state index contributed by atoms with van der Waals surface area (Å²) in [6, 6.07) is 7.30. The second-order valence-corrected chi connectivity index (χ2v) is 3.75. The second-order valence-electron chi connectivity index (χ2n) is 3.34. The van der Waals surface area contributed by atoms with Gasteiger partial charge in [-0.05, 0) is 18.2 Å². The molecule has 0 radical (unpaired) electrons. The third kappa shape index (κ3) is 2.73. The fraction of sp³-hybridized carbons (Fsp3) is 0. The fourth-order valence-corrected chi connectivity index (χ4v) is 1.60. The van der Waals surface area contributed by atoms with Gasteiger partial charge in [0.2, 0.25) is 0 Å². The molecule has 0 aliphatic heterocycles. The highest BCUT2D eigenvalue weighted by atomic mass is 35.5.